The summed E-state index contributed by atoms with van der Waals surface area (Å²) in [6.07, 6.45) is 0. The van der Waals surface area contributed by atoms with Gasteiger partial charge in [0.15, 0.2) is 0 Å². The van der Waals surface area contributed by atoms with Crippen LogP contribution < -0.4 is 5.32 Å². The molecule has 0 radical (unpaired) electrons. The third kappa shape index (κ3) is 3.19. The fourth-order valence-corrected chi connectivity index (χ4v) is 3.57. The van der Waals surface area contributed by atoms with Crippen LogP contribution in [0.25, 0.3) is 0 Å². The topological polar surface area (TPSA) is 29.1 Å². The van der Waals surface area contributed by atoms with Crippen molar-refractivity contribution in [3.05, 3.63) is 47.9 Å². The van der Waals surface area contributed by atoms with E-state index < -0.39 is 0 Å². The van der Waals surface area contributed by atoms with Crippen LogP contribution in [0.15, 0.2) is 42.4 Å². The molecule has 0 aliphatic heterocycles. The van der Waals surface area contributed by atoms with Gasteiger partial charge in [0.05, 0.1) is 15.0 Å². The Morgan fingerprint density at radius 1 is 1.18 bits per heavy atom. The molecule has 1 aromatic carbocycles. The molecule has 6 heteroatoms. The van der Waals surface area contributed by atoms with E-state index in [2.05, 4.69) is 53.1 Å². The molecule has 1 N–H and O–H groups in total. The van der Waals surface area contributed by atoms with Crippen LogP contribution in [-0.2, 0) is 0 Å². The molecule has 0 aliphatic carbocycles. The van der Waals surface area contributed by atoms with Crippen molar-refractivity contribution in [3.8, 4) is 0 Å². The van der Waals surface area contributed by atoms with Crippen LogP contribution >= 0.6 is 59.1 Å². The number of carbonyl (C=O) groups is 1. The molecule has 0 spiro atoms. The second kappa shape index (κ2) is 5.65. The predicted molar refractivity (Wildman–Crippen MR) is 81.8 cm³/mol. The SMILES string of the molecule is O=C(Nc1c(Br)cccc1Br)c1csc(Br)c1. The average Bonchev–Trinajstić information content (AvgIpc) is 2.70. The van der Waals surface area contributed by atoms with E-state index in [1.807, 2.05) is 23.6 Å². The molecule has 0 saturated carbocycles. The molecule has 1 amide bonds. The molecule has 88 valence electrons. The first kappa shape index (κ1) is 13.3. The van der Waals surface area contributed by atoms with Crippen LogP contribution in [0.1, 0.15) is 10.4 Å². The van der Waals surface area contributed by atoms with Crippen molar-refractivity contribution in [1.82, 2.24) is 0 Å². The van der Waals surface area contributed by atoms with E-state index in [-0.39, 0.29) is 5.91 Å². The standard InChI is InChI=1S/C11H6Br3NOS/c12-7-2-1-3-8(13)10(7)15-11(16)6-4-9(14)17-5-6/h1-5H,(H,15,16). The predicted octanol–water partition coefficient (Wildman–Crippen LogP) is 5.29. The summed E-state index contributed by atoms with van der Waals surface area (Å²) in [5.41, 5.74) is 1.38. The fourth-order valence-electron chi connectivity index (χ4n) is 1.23. The summed E-state index contributed by atoms with van der Waals surface area (Å²) in [6, 6.07) is 7.45. The van der Waals surface area contributed by atoms with Gasteiger partial charge >= 0.3 is 0 Å². The Balaban J connectivity index is 2.24. The van der Waals surface area contributed by atoms with Gasteiger partial charge < -0.3 is 5.32 Å². The van der Waals surface area contributed by atoms with Gasteiger partial charge in [-0.1, -0.05) is 6.07 Å². The molecule has 2 rings (SSSR count). The van der Waals surface area contributed by atoms with Gasteiger partial charge in [0.1, 0.15) is 0 Å². The van der Waals surface area contributed by atoms with Gasteiger partial charge in [0.25, 0.3) is 5.91 Å². The van der Waals surface area contributed by atoms with Crippen LogP contribution in [0.5, 0.6) is 0 Å². The van der Waals surface area contributed by atoms with E-state index in [1.165, 1.54) is 11.3 Å². The number of anilines is 1. The highest BCUT2D eigenvalue weighted by molar-refractivity contribution is 9.11. The summed E-state index contributed by atoms with van der Waals surface area (Å²) in [6.45, 7) is 0. The van der Waals surface area contributed by atoms with Crippen molar-refractivity contribution in [2.45, 2.75) is 0 Å². The number of amides is 1. The van der Waals surface area contributed by atoms with Crippen LogP contribution in [0.4, 0.5) is 5.69 Å². The Morgan fingerprint density at radius 2 is 1.82 bits per heavy atom. The molecular weight excluding hydrogens is 434 g/mol. The lowest BCUT2D eigenvalue weighted by atomic mass is 10.3. The Morgan fingerprint density at radius 3 is 2.35 bits per heavy atom. The summed E-state index contributed by atoms with van der Waals surface area (Å²) in [4.78, 5) is 12.0. The molecule has 1 heterocycles. The molecule has 0 saturated heterocycles. The second-order valence-electron chi connectivity index (χ2n) is 3.19. The highest BCUT2D eigenvalue weighted by Gasteiger charge is 2.12. The normalized spacial score (nSPS) is 10.3. The van der Waals surface area contributed by atoms with Gasteiger partial charge in [-0.05, 0) is 66.0 Å². The van der Waals surface area contributed by atoms with Gasteiger partial charge in [-0.2, -0.15) is 0 Å². The zero-order chi connectivity index (χ0) is 12.4. The molecule has 1 aromatic heterocycles. The number of benzene rings is 1. The number of nitrogens with one attached hydrogen (secondary N) is 1. The maximum atomic E-state index is 12.0. The van der Waals surface area contributed by atoms with Gasteiger partial charge in [0, 0.05) is 14.3 Å². The molecular formula is C11H6Br3NOS. The van der Waals surface area contributed by atoms with Gasteiger partial charge in [-0.15, -0.1) is 11.3 Å². The van der Waals surface area contributed by atoms with Crippen LogP contribution in [0, 0.1) is 0 Å². The van der Waals surface area contributed by atoms with Crippen LogP contribution in [0.2, 0.25) is 0 Å². The summed E-state index contributed by atoms with van der Waals surface area (Å²) in [5, 5.41) is 4.67. The van der Waals surface area contributed by atoms with Gasteiger partial charge in [-0.25, -0.2) is 0 Å². The van der Waals surface area contributed by atoms with Crippen LogP contribution in [-0.4, -0.2) is 5.91 Å². The lowest BCUT2D eigenvalue weighted by Gasteiger charge is -2.08. The summed E-state index contributed by atoms with van der Waals surface area (Å²) in [5.74, 6) is -0.125. The minimum atomic E-state index is -0.125. The number of rotatable bonds is 2. The quantitative estimate of drug-likeness (QED) is 0.677. The first-order valence-electron chi connectivity index (χ1n) is 4.57. The minimum absolute atomic E-state index is 0.125. The third-order valence-corrected chi connectivity index (χ3v) is 4.86. The maximum Gasteiger partial charge on any atom is 0.256 e. The molecule has 0 unspecified atom stereocenters. The second-order valence-corrected chi connectivity index (χ2v) is 7.19. The molecule has 0 atom stereocenters. The Kier molecular flexibility index (Phi) is 4.41. The summed E-state index contributed by atoms with van der Waals surface area (Å²) >= 11 is 11.6. The Hall–Kier alpha value is -0.170. The van der Waals surface area contributed by atoms with E-state index in [1.54, 1.807) is 6.07 Å². The van der Waals surface area contributed by atoms with Crippen molar-refractivity contribution >= 4 is 70.7 Å². The number of thiophene rings is 1. The third-order valence-electron chi connectivity index (χ3n) is 2.03. The monoisotopic (exact) mass is 437 g/mol. The van der Waals surface area contributed by atoms with Gasteiger partial charge in [0.2, 0.25) is 0 Å². The number of halogens is 3. The molecule has 0 fully saturated rings. The van der Waals surface area contributed by atoms with E-state index >= 15 is 0 Å². The Bertz CT molecular complexity index is 547. The first-order valence-corrected chi connectivity index (χ1v) is 7.83. The van der Waals surface area contributed by atoms with E-state index in [0.717, 1.165) is 18.4 Å². The highest BCUT2D eigenvalue weighted by Crippen LogP contribution is 2.31. The number of hydrogen-bond donors (Lipinski definition) is 1. The van der Waals surface area contributed by atoms with Crippen molar-refractivity contribution in [2.75, 3.05) is 5.32 Å². The smallest absolute Gasteiger partial charge is 0.256 e. The molecule has 0 aliphatic rings. The number of para-hydroxylation sites is 1. The van der Waals surface area contributed by atoms with Crippen LogP contribution in [0.3, 0.4) is 0 Å². The lowest BCUT2D eigenvalue weighted by molar-refractivity contribution is 0.102. The zero-order valence-electron chi connectivity index (χ0n) is 8.34. The Labute approximate surface area is 128 Å². The number of carbonyl (C=O) groups excluding carboxylic acids is 1. The van der Waals surface area contributed by atoms with Crippen molar-refractivity contribution < 1.29 is 4.79 Å². The van der Waals surface area contributed by atoms with Crippen molar-refractivity contribution in [2.24, 2.45) is 0 Å². The zero-order valence-corrected chi connectivity index (χ0v) is 13.9. The molecule has 17 heavy (non-hydrogen) atoms. The largest absolute Gasteiger partial charge is 0.320 e. The molecule has 2 nitrogen and oxygen atoms in total. The highest BCUT2D eigenvalue weighted by atomic mass is 79.9. The summed E-state index contributed by atoms with van der Waals surface area (Å²) < 4.78 is 2.62. The van der Waals surface area contributed by atoms with E-state index in [0.29, 0.717) is 5.56 Å². The van der Waals surface area contributed by atoms with Gasteiger partial charge in [-0.3, -0.25) is 4.79 Å². The molecule has 2 aromatic rings. The minimum Gasteiger partial charge on any atom is -0.320 e. The maximum absolute atomic E-state index is 12.0. The van der Waals surface area contributed by atoms with Crippen molar-refractivity contribution in [1.29, 1.82) is 0 Å². The van der Waals surface area contributed by atoms with Crippen molar-refractivity contribution in [3.63, 3.8) is 0 Å². The van der Waals surface area contributed by atoms with E-state index in [4.69, 9.17) is 0 Å². The average molecular weight is 440 g/mol. The fraction of sp³-hybridized carbons (Fsp3) is 0. The number of hydrogen-bond acceptors (Lipinski definition) is 2. The first-order chi connectivity index (χ1) is 8.08. The summed E-state index contributed by atoms with van der Waals surface area (Å²) in [7, 11) is 0. The lowest BCUT2D eigenvalue weighted by Crippen LogP contribution is -2.11. The van der Waals surface area contributed by atoms with E-state index in [9.17, 15) is 4.79 Å². The molecule has 0 bridgehead atoms.